The zero-order valence-corrected chi connectivity index (χ0v) is 13.9. The summed E-state index contributed by atoms with van der Waals surface area (Å²) in [5, 5.41) is 3.11. The molecule has 0 spiro atoms. The predicted octanol–water partition coefficient (Wildman–Crippen LogP) is 2.66. The normalized spacial score (nSPS) is 21.4. The summed E-state index contributed by atoms with van der Waals surface area (Å²) in [7, 11) is 0. The van der Waals surface area contributed by atoms with Crippen molar-refractivity contribution in [3.05, 3.63) is 36.2 Å². The summed E-state index contributed by atoms with van der Waals surface area (Å²) >= 11 is 0. The largest absolute Gasteiger partial charge is 0.468 e. The van der Waals surface area contributed by atoms with E-state index in [4.69, 9.17) is 4.42 Å². The van der Waals surface area contributed by atoms with Gasteiger partial charge in [0, 0.05) is 19.5 Å². The van der Waals surface area contributed by atoms with E-state index in [1.807, 2.05) is 18.3 Å². The van der Waals surface area contributed by atoms with Crippen LogP contribution in [0.2, 0.25) is 0 Å². The Morgan fingerprint density at radius 2 is 2.29 bits per heavy atom. The van der Waals surface area contributed by atoms with E-state index < -0.39 is 0 Å². The van der Waals surface area contributed by atoms with Crippen molar-refractivity contribution in [3.8, 4) is 0 Å². The van der Waals surface area contributed by atoms with Crippen LogP contribution in [-0.2, 0) is 24.3 Å². The number of fused-ring (bicyclic) bond motifs is 1. The molecule has 4 heterocycles. The minimum Gasteiger partial charge on any atom is -0.468 e. The molecule has 0 aliphatic carbocycles. The molecule has 6 nitrogen and oxygen atoms in total. The first kappa shape index (κ1) is 15.4. The number of piperidine rings is 1. The highest BCUT2D eigenvalue weighted by atomic mass is 16.3. The molecule has 6 heteroatoms. The maximum Gasteiger partial charge on any atom is 0.229 e. The van der Waals surface area contributed by atoms with Crippen LogP contribution in [0.3, 0.4) is 0 Å². The summed E-state index contributed by atoms with van der Waals surface area (Å²) in [5.74, 6) is 3.06. The maximum atomic E-state index is 12.7. The highest BCUT2D eigenvalue weighted by Crippen LogP contribution is 2.23. The van der Waals surface area contributed by atoms with E-state index in [2.05, 4.69) is 19.8 Å². The van der Waals surface area contributed by atoms with Crippen LogP contribution in [0.1, 0.15) is 37.3 Å². The van der Waals surface area contributed by atoms with Gasteiger partial charge in [0.1, 0.15) is 17.4 Å². The Kier molecular flexibility index (Phi) is 4.38. The molecule has 1 N–H and O–H groups in total. The van der Waals surface area contributed by atoms with E-state index in [-0.39, 0.29) is 11.8 Å². The Bertz CT molecular complexity index is 692. The molecule has 2 aromatic rings. The number of hydrogen-bond donors (Lipinski definition) is 1. The molecule has 24 heavy (non-hydrogen) atoms. The third-order valence-corrected chi connectivity index (χ3v) is 5.06. The average molecular weight is 328 g/mol. The molecule has 4 rings (SSSR count). The fraction of sp³-hybridized carbons (Fsp3) is 0.556. The zero-order chi connectivity index (χ0) is 16.4. The summed E-state index contributed by atoms with van der Waals surface area (Å²) in [4.78, 5) is 19.4. The minimum atomic E-state index is 0.0310. The molecule has 2 aromatic heterocycles. The molecular weight excluding hydrogens is 304 g/mol. The first-order valence-electron chi connectivity index (χ1n) is 8.89. The summed E-state index contributed by atoms with van der Waals surface area (Å²) in [6.07, 6.45) is 8.86. The SMILES string of the molecule is O=C(Nc1cnc2n1CCCC2)[C@@H]1CCCN(Cc2ccco2)C1. The number of anilines is 1. The van der Waals surface area contributed by atoms with Crippen molar-refractivity contribution in [2.45, 2.75) is 45.2 Å². The van der Waals surface area contributed by atoms with Gasteiger partial charge < -0.3 is 14.3 Å². The van der Waals surface area contributed by atoms with Crippen molar-refractivity contribution in [2.75, 3.05) is 18.4 Å². The molecule has 1 amide bonds. The standard InChI is InChI=1S/C18H24N4O2/c23-18(20-17-11-19-16-7-1-2-9-22(16)17)14-5-3-8-21(12-14)13-15-6-4-10-24-15/h4,6,10-11,14H,1-3,5,7-9,12-13H2,(H,20,23)/t14-/m1/s1. The number of aryl methyl sites for hydroxylation is 1. The lowest BCUT2D eigenvalue weighted by Gasteiger charge is -2.31. The van der Waals surface area contributed by atoms with Gasteiger partial charge in [0.05, 0.1) is 24.9 Å². The molecule has 0 aromatic carbocycles. The number of amides is 1. The van der Waals surface area contributed by atoms with Gasteiger partial charge in [0.2, 0.25) is 5.91 Å². The zero-order valence-electron chi connectivity index (χ0n) is 13.9. The van der Waals surface area contributed by atoms with Crippen LogP contribution in [0.15, 0.2) is 29.0 Å². The predicted molar refractivity (Wildman–Crippen MR) is 90.5 cm³/mol. The van der Waals surface area contributed by atoms with E-state index >= 15 is 0 Å². The van der Waals surface area contributed by atoms with Crippen molar-refractivity contribution < 1.29 is 9.21 Å². The van der Waals surface area contributed by atoms with Gasteiger partial charge in [0.25, 0.3) is 0 Å². The van der Waals surface area contributed by atoms with E-state index in [9.17, 15) is 4.79 Å². The van der Waals surface area contributed by atoms with Crippen LogP contribution in [0.4, 0.5) is 5.82 Å². The van der Waals surface area contributed by atoms with Crippen LogP contribution < -0.4 is 5.32 Å². The van der Waals surface area contributed by atoms with Gasteiger partial charge >= 0.3 is 0 Å². The van der Waals surface area contributed by atoms with Gasteiger partial charge in [-0.25, -0.2) is 4.98 Å². The highest BCUT2D eigenvalue weighted by Gasteiger charge is 2.27. The first-order valence-corrected chi connectivity index (χ1v) is 8.89. The monoisotopic (exact) mass is 328 g/mol. The third kappa shape index (κ3) is 3.24. The molecule has 0 radical (unpaired) electrons. The molecule has 0 unspecified atom stereocenters. The number of imidazole rings is 1. The van der Waals surface area contributed by atoms with Crippen LogP contribution in [0.5, 0.6) is 0 Å². The van der Waals surface area contributed by atoms with Crippen LogP contribution in [0, 0.1) is 5.92 Å². The van der Waals surface area contributed by atoms with Crippen LogP contribution >= 0.6 is 0 Å². The Labute approximate surface area is 141 Å². The van der Waals surface area contributed by atoms with Gasteiger partial charge in [-0.1, -0.05) is 0 Å². The van der Waals surface area contributed by atoms with Crippen molar-refractivity contribution in [3.63, 3.8) is 0 Å². The summed E-state index contributed by atoms with van der Waals surface area (Å²) in [5.41, 5.74) is 0. The minimum absolute atomic E-state index is 0.0310. The Morgan fingerprint density at radius 1 is 1.33 bits per heavy atom. The molecule has 1 saturated heterocycles. The smallest absolute Gasteiger partial charge is 0.229 e. The quantitative estimate of drug-likeness (QED) is 0.937. The molecular formula is C18H24N4O2. The number of nitrogens with zero attached hydrogens (tertiary/aromatic N) is 3. The lowest BCUT2D eigenvalue weighted by Crippen LogP contribution is -2.40. The lowest BCUT2D eigenvalue weighted by molar-refractivity contribution is -0.121. The second-order valence-electron chi connectivity index (χ2n) is 6.81. The van der Waals surface area contributed by atoms with Crippen LogP contribution in [0.25, 0.3) is 0 Å². The number of rotatable bonds is 4. The van der Waals surface area contributed by atoms with E-state index in [1.165, 1.54) is 6.42 Å². The number of carbonyl (C=O) groups excluding carboxylic acids is 1. The van der Waals surface area contributed by atoms with E-state index in [0.29, 0.717) is 0 Å². The molecule has 0 saturated carbocycles. The fourth-order valence-electron chi connectivity index (χ4n) is 3.78. The van der Waals surface area contributed by atoms with Crippen LogP contribution in [-0.4, -0.2) is 33.4 Å². The first-order chi connectivity index (χ1) is 11.8. The highest BCUT2D eigenvalue weighted by molar-refractivity contribution is 5.92. The topological polar surface area (TPSA) is 63.3 Å². The third-order valence-electron chi connectivity index (χ3n) is 5.06. The average Bonchev–Trinajstić information content (AvgIpc) is 3.25. The molecule has 1 atom stereocenters. The van der Waals surface area contributed by atoms with Crippen molar-refractivity contribution in [2.24, 2.45) is 5.92 Å². The number of nitrogens with one attached hydrogen (secondary N) is 1. The lowest BCUT2D eigenvalue weighted by atomic mass is 9.97. The summed E-state index contributed by atoms with van der Waals surface area (Å²) in [6, 6.07) is 3.90. The second kappa shape index (κ2) is 6.81. The molecule has 2 aliphatic heterocycles. The number of aromatic nitrogens is 2. The van der Waals surface area contributed by atoms with Gasteiger partial charge in [-0.3, -0.25) is 9.69 Å². The van der Waals surface area contributed by atoms with Crippen molar-refractivity contribution in [1.29, 1.82) is 0 Å². The maximum absolute atomic E-state index is 12.7. The summed E-state index contributed by atoms with van der Waals surface area (Å²) < 4.78 is 7.58. The Hall–Kier alpha value is -2.08. The number of likely N-dealkylation sites (tertiary alicyclic amines) is 1. The number of hydrogen-bond acceptors (Lipinski definition) is 4. The number of furan rings is 1. The Morgan fingerprint density at radius 3 is 3.17 bits per heavy atom. The summed E-state index contributed by atoms with van der Waals surface area (Å²) in [6.45, 7) is 3.54. The molecule has 0 bridgehead atoms. The molecule has 1 fully saturated rings. The molecule has 128 valence electrons. The van der Waals surface area contributed by atoms with Crippen molar-refractivity contribution in [1.82, 2.24) is 14.5 Å². The van der Waals surface area contributed by atoms with Gasteiger partial charge in [0.15, 0.2) is 0 Å². The molecule has 2 aliphatic rings. The van der Waals surface area contributed by atoms with E-state index in [0.717, 1.165) is 69.3 Å². The van der Waals surface area contributed by atoms with Crippen molar-refractivity contribution >= 4 is 11.7 Å². The second-order valence-corrected chi connectivity index (χ2v) is 6.81. The fourth-order valence-corrected chi connectivity index (χ4v) is 3.78. The van der Waals surface area contributed by atoms with E-state index in [1.54, 1.807) is 6.26 Å². The number of carbonyl (C=O) groups is 1. The van der Waals surface area contributed by atoms with Gasteiger partial charge in [-0.05, 0) is 44.4 Å². The van der Waals surface area contributed by atoms with Gasteiger partial charge in [-0.2, -0.15) is 0 Å². The van der Waals surface area contributed by atoms with Gasteiger partial charge in [-0.15, -0.1) is 0 Å². The Balaban J connectivity index is 1.38.